The Labute approximate surface area is 122 Å². The van der Waals surface area contributed by atoms with E-state index in [0.717, 1.165) is 25.2 Å². The Bertz CT molecular complexity index is 401. The number of hydrogen-bond donors (Lipinski definition) is 2. The van der Waals surface area contributed by atoms with Crippen molar-refractivity contribution in [3.8, 4) is 0 Å². The van der Waals surface area contributed by atoms with Gasteiger partial charge in [0.25, 0.3) is 0 Å². The summed E-state index contributed by atoms with van der Waals surface area (Å²) in [5.74, 6) is 1.17. The lowest BCUT2D eigenvalue weighted by molar-refractivity contribution is -0.170. The summed E-state index contributed by atoms with van der Waals surface area (Å²) in [5, 5.41) is 12.2. The zero-order valence-corrected chi connectivity index (χ0v) is 13.2. The summed E-state index contributed by atoms with van der Waals surface area (Å²) in [7, 11) is 0. The minimum Gasteiger partial charge on any atom is -0.396 e. The van der Waals surface area contributed by atoms with Crippen LogP contribution in [0.25, 0.3) is 0 Å². The first kappa shape index (κ1) is 14.4. The number of carbonyl (C=O) groups excluding carboxylic acids is 1. The van der Waals surface area contributed by atoms with Crippen LogP contribution in [0.5, 0.6) is 0 Å². The van der Waals surface area contributed by atoms with E-state index in [-0.39, 0.29) is 23.8 Å². The molecule has 4 fully saturated rings. The Morgan fingerprint density at radius 1 is 1.20 bits per heavy atom. The van der Waals surface area contributed by atoms with Crippen molar-refractivity contribution in [2.75, 3.05) is 13.2 Å². The lowest BCUT2D eigenvalue weighted by Gasteiger charge is -2.64. The maximum atomic E-state index is 12.8. The Morgan fingerprint density at radius 3 is 2.30 bits per heavy atom. The molecule has 0 saturated heterocycles. The molecule has 4 aliphatic rings. The van der Waals surface area contributed by atoms with Gasteiger partial charge in [-0.15, -0.1) is 0 Å². The second-order valence-corrected chi connectivity index (χ2v) is 8.91. The molecule has 3 atom stereocenters. The van der Waals surface area contributed by atoms with Gasteiger partial charge in [0.2, 0.25) is 5.91 Å². The molecule has 0 aliphatic heterocycles. The molecule has 0 heterocycles. The molecule has 3 unspecified atom stereocenters. The van der Waals surface area contributed by atoms with Crippen molar-refractivity contribution >= 4 is 5.91 Å². The quantitative estimate of drug-likeness (QED) is 0.831. The molecule has 4 rings (SSSR count). The predicted octanol–water partition coefficient (Wildman–Crippen LogP) is 2.73. The number of carbonyl (C=O) groups is 1. The van der Waals surface area contributed by atoms with E-state index in [4.69, 9.17) is 5.11 Å². The summed E-state index contributed by atoms with van der Waals surface area (Å²) in [5.41, 5.74) is 0.653. The smallest absolute Gasteiger partial charge is 0.226 e. The van der Waals surface area contributed by atoms with E-state index >= 15 is 0 Å². The number of aliphatic hydroxyl groups is 1. The highest BCUT2D eigenvalue weighted by molar-refractivity contribution is 5.83. The standard InChI is InChI=1S/C17H29NO2/c1-12(8-19)7-18-14(20)17-6-13-4-15(2,10-17)9-16(3,5-13)11-17/h12-13,19H,4-11H2,1-3H3,(H,18,20). The topological polar surface area (TPSA) is 49.3 Å². The van der Waals surface area contributed by atoms with Crippen LogP contribution in [0.2, 0.25) is 0 Å². The molecular formula is C17H29NO2. The van der Waals surface area contributed by atoms with Gasteiger partial charge in [0.1, 0.15) is 0 Å². The lowest BCUT2D eigenvalue weighted by atomic mass is 9.40. The number of rotatable bonds is 4. The number of hydrogen-bond acceptors (Lipinski definition) is 2. The van der Waals surface area contributed by atoms with Crippen LogP contribution in [0, 0.1) is 28.1 Å². The Hall–Kier alpha value is -0.570. The fourth-order valence-corrected chi connectivity index (χ4v) is 6.22. The molecule has 114 valence electrons. The summed E-state index contributed by atoms with van der Waals surface area (Å²) in [6.07, 6.45) is 7.20. The molecular weight excluding hydrogens is 250 g/mol. The first-order valence-electron chi connectivity index (χ1n) is 8.17. The van der Waals surface area contributed by atoms with Gasteiger partial charge in [-0.2, -0.15) is 0 Å². The molecule has 3 nitrogen and oxygen atoms in total. The van der Waals surface area contributed by atoms with E-state index in [1.165, 1.54) is 19.3 Å². The van der Waals surface area contributed by atoms with Crippen LogP contribution >= 0.6 is 0 Å². The third-order valence-corrected chi connectivity index (χ3v) is 6.03. The molecule has 20 heavy (non-hydrogen) atoms. The van der Waals surface area contributed by atoms with Gasteiger partial charge >= 0.3 is 0 Å². The highest BCUT2D eigenvalue weighted by Crippen LogP contribution is 2.69. The van der Waals surface area contributed by atoms with Gasteiger partial charge in [0, 0.05) is 13.2 Å². The Balaban J connectivity index is 1.77. The molecule has 0 radical (unpaired) electrons. The van der Waals surface area contributed by atoms with Gasteiger partial charge in [0.05, 0.1) is 5.41 Å². The van der Waals surface area contributed by atoms with Crippen LogP contribution in [-0.2, 0) is 4.79 Å². The molecule has 0 spiro atoms. The van der Waals surface area contributed by atoms with Crippen molar-refractivity contribution in [3.63, 3.8) is 0 Å². The first-order chi connectivity index (χ1) is 9.28. The van der Waals surface area contributed by atoms with E-state index in [2.05, 4.69) is 19.2 Å². The maximum Gasteiger partial charge on any atom is 0.226 e. The average Bonchev–Trinajstić information content (AvgIpc) is 2.30. The molecule has 2 N–H and O–H groups in total. The normalized spacial score (nSPS) is 47.3. The Morgan fingerprint density at radius 2 is 1.80 bits per heavy atom. The predicted molar refractivity (Wildman–Crippen MR) is 79.1 cm³/mol. The van der Waals surface area contributed by atoms with Crippen molar-refractivity contribution < 1.29 is 9.90 Å². The molecule has 0 aromatic rings. The fourth-order valence-electron chi connectivity index (χ4n) is 6.22. The number of aliphatic hydroxyl groups excluding tert-OH is 1. The summed E-state index contributed by atoms with van der Waals surface area (Å²) in [4.78, 5) is 12.8. The van der Waals surface area contributed by atoms with Gasteiger partial charge in [0.15, 0.2) is 0 Å². The molecule has 3 heteroatoms. The monoisotopic (exact) mass is 279 g/mol. The van der Waals surface area contributed by atoms with Crippen molar-refractivity contribution in [2.24, 2.45) is 28.1 Å². The molecule has 0 aromatic carbocycles. The molecule has 4 saturated carbocycles. The van der Waals surface area contributed by atoms with Crippen LogP contribution in [0.1, 0.15) is 59.3 Å². The lowest BCUT2D eigenvalue weighted by Crippen LogP contribution is -2.60. The third-order valence-electron chi connectivity index (χ3n) is 6.03. The van der Waals surface area contributed by atoms with Crippen LogP contribution < -0.4 is 5.32 Å². The van der Waals surface area contributed by atoms with Gasteiger partial charge in [-0.3, -0.25) is 4.79 Å². The summed E-state index contributed by atoms with van der Waals surface area (Å²) in [6, 6.07) is 0. The number of nitrogens with one attached hydrogen (secondary N) is 1. The van der Waals surface area contributed by atoms with E-state index in [1.807, 2.05) is 6.92 Å². The molecule has 4 aliphatic carbocycles. The molecule has 1 amide bonds. The van der Waals surface area contributed by atoms with Gasteiger partial charge in [-0.25, -0.2) is 0 Å². The Kier molecular flexibility index (Phi) is 3.20. The van der Waals surface area contributed by atoms with Crippen LogP contribution in [0.4, 0.5) is 0 Å². The van der Waals surface area contributed by atoms with Gasteiger partial charge in [-0.1, -0.05) is 20.8 Å². The zero-order valence-electron chi connectivity index (χ0n) is 13.2. The summed E-state index contributed by atoms with van der Waals surface area (Å²) < 4.78 is 0. The largest absolute Gasteiger partial charge is 0.396 e. The minimum atomic E-state index is -0.113. The summed E-state index contributed by atoms with van der Waals surface area (Å²) >= 11 is 0. The second-order valence-electron chi connectivity index (χ2n) is 8.91. The van der Waals surface area contributed by atoms with Crippen LogP contribution in [0.15, 0.2) is 0 Å². The third kappa shape index (κ3) is 2.28. The van der Waals surface area contributed by atoms with E-state index < -0.39 is 0 Å². The maximum absolute atomic E-state index is 12.8. The van der Waals surface area contributed by atoms with Crippen molar-refractivity contribution in [2.45, 2.75) is 59.3 Å². The zero-order chi connectivity index (χ0) is 14.6. The highest BCUT2D eigenvalue weighted by atomic mass is 16.3. The first-order valence-corrected chi connectivity index (χ1v) is 8.17. The van der Waals surface area contributed by atoms with Crippen LogP contribution in [0.3, 0.4) is 0 Å². The average molecular weight is 279 g/mol. The van der Waals surface area contributed by atoms with Crippen molar-refractivity contribution in [3.05, 3.63) is 0 Å². The second kappa shape index (κ2) is 4.46. The minimum absolute atomic E-state index is 0.113. The van der Waals surface area contributed by atoms with E-state index in [9.17, 15) is 4.79 Å². The van der Waals surface area contributed by atoms with E-state index in [0.29, 0.717) is 17.4 Å². The fraction of sp³-hybridized carbons (Fsp3) is 0.941. The summed E-state index contributed by atoms with van der Waals surface area (Å²) in [6.45, 7) is 7.52. The van der Waals surface area contributed by atoms with Gasteiger partial charge < -0.3 is 10.4 Å². The number of amides is 1. The van der Waals surface area contributed by atoms with Crippen LogP contribution in [-0.4, -0.2) is 24.2 Å². The van der Waals surface area contributed by atoms with E-state index in [1.54, 1.807) is 0 Å². The molecule has 0 aromatic heterocycles. The SMILES string of the molecule is CC(CO)CNC(=O)C12CC3CC(C)(CC(C)(C3)C1)C2. The van der Waals surface area contributed by atoms with Crippen molar-refractivity contribution in [1.29, 1.82) is 0 Å². The van der Waals surface area contributed by atoms with Crippen molar-refractivity contribution in [1.82, 2.24) is 5.32 Å². The van der Waals surface area contributed by atoms with Gasteiger partial charge in [-0.05, 0) is 61.2 Å². The highest BCUT2D eigenvalue weighted by Gasteiger charge is 2.62. The molecule has 4 bridgehead atoms.